The molecule has 1 aliphatic rings. The Balaban J connectivity index is 0. The number of ether oxygens (including phenoxy) is 1. The molecule has 0 radical (unpaired) electrons. The first-order chi connectivity index (χ1) is 9.80. The molecular weight excluding hydrogens is 270 g/mol. The van der Waals surface area contributed by atoms with Gasteiger partial charge in [-0.15, -0.1) is 0 Å². The van der Waals surface area contributed by atoms with Gasteiger partial charge in [-0.2, -0.15) is 0 Å². The Labute approximate surface area is 130 Å². The topological polar surface area (TPSA) is 87.8 Å². The minimum Gasteiger partial charge on any atom is -0.444 e. The van der Waals surface area contributed by atoms with Crippen molar-refractivity contribution in [3.63, 3.8) is 0 Å². The van der Waals surface area contributed by atoms with Gasteiger partial charge < -0.3 is 25.8 Å². The molecule has 1 amide bonds. The Bertz CT molecular complexity index is 245. The molecule has 1 fully saturated rings. The van der Waals surface area contributed by atoms with Gasteiger partial charge in [-0.25, -0.2) is 4.79 Å². The molecule has 128 valence electrons. The van der Waals surface area contributed by atoms with E-state index in [9.17, 15) is 9.90 Å². The smallest absolute Gasteiger partial charge is 0.410 e. The van der Waals surface area contributed by atoms with Gasteiger partial charge >= 0.3 is 6.09 Å². The third kappa shape index (κ3) is 13.9. The number of rotatable bonds is 2. The molecule has 0 bridgehead atoms. The van der Waals surface area contributed by atoms with Crippen molar-refractivity contribution in [2.24, 2.45) is 5.73 Å². The van der Waals surface area contributed by atoms with E-state index in [4.69, 9.17) is 10.5 Å². The predicted molar refractivity (Wildman–Crippen MR) is 87.4 cm³/mol. The summed E-state index contributed by atoms with van der Waals surface area (Å²) >= 11 is 0. The van der Waals surface area contributed by atoms with Crippen LogP contribution in [0.5, 0.6) is 0 Å². The molecule has 0 atom stereocenters. The van der Waals surface area contributed by atoms with Crippen LogP contribution < -0.4 is 11.1 Å². The molecule has 0 spiro atoms. The fraction of sp³-hybridized carbons (Fsp3) is 0.933. The molecule has 0 unspecified atom stereocenters. The van der Waals surface area contributed by atoms with Crippen molar-refractivity contribution in [2.75, 3.05) is 33.2 Å². The fourth-order valence-corrected chi connectivity index (χ4v) is 1.52. The van der Waals surface area contributed by atoms with Gasteiger partial charge in [0.1, 0.15) is 5.60 Å². The van der Waals surface area contributed by atoms with Crippen LogP contribution in [-0.2, 0) is 4.74 Å². The van der Waals surface area contributed by atoms with Crippen LogP contribution >= 0.6 is 0 Å². The normalized spacial score (nSPS) is 15.3. The summed E-state index contributed by atoms with van der Waals surface area (Å²) in [6.45, 7) is 12.4. The van der Waals surface area contributed by atoms with Crippen LogP contribution in [0, 0.1) is 0 Å². The van der Waals surface area contributed by atoms with Gasteiger partial charge in [-0.1, -0.05) is 13.8 Å². The highest BCUT2D eigenvalue weighted by Gasteiger charge is 2.25. The molecule has 0 aromatic rings. The second-order valence-electron chi connectivity index (χ2n) is 5.59. The lowest BCUT2D eigenvalue weighted by Crippen LogP contribution is -2.42. The van der Waals surface area contributed by atoms with E-state index in [2.05, 4.69) is 5.32 Å². The van der Waals surface area contributed by atoms with Crippen molar-refractivity contribution in [1.82, 2.24) is 10.2 Å². The average molecular weight is 305 g/mol. The first-order valence-electron chi connectivity index (χ1n) is 7.80. The Morgan fingerprint density at radius 1 is 1.33 bits per heavy atom. The maximum absolute atomic E-state index is 11.5. The van der Waals surface area contributed by atoms with Gasteiger partial charge in [-0.3, -0.25) is 0 Å². The molecule has 6 nitrogen and oxygen atoms in total. The summed E-state index contributed by atoms with van der Waals surface area (Å²) in [5.74, 6) is 0. The average Bonchev–Trinajstić information content (AvgIpc) is 2.41. The number of piperidine rings is 1. The molecule has 1 rings (SSSR count). The van der Waals surface area contributed by atoms with Gasteiger partial charge in [0.15, 0.2) is 0 Å². The lowest BCUT2D eigenvalue weighted by atomic mass is 10.1. The number of aliphatic hydroxyl groups excluding tert-OH is 1. The minimum absolute atomic E-state index is 0.256. The summed E-state index contributed by atoms with van der Waals surface area (Å²) in [5.41, 5.74) is 4.64. The molecule has 21 heavy (non-hydrogen) atoms. The highest BCUT2D eigenvalue weighted by molar-refractivity contribution is 5.68. The molecule has 0 aromatic heterocycles. The first kappa shape index (κ1) is 22.4. The maximum Gasteiger partial charge on any atom is 0.410 e. The quantitative estimate of drug-likeness (QED) is 0.721. The molecule has 0 aliphatic carbocycles. The number of likely N-dealkylation sites (tertiary alicyclic amines) is 1. The Kier molecular flexibility index (Phi) is 13.7. The molecule has 6 heteroatoms. The third-order valence-electron chi connectivity index (χ3n) is 2.51. The molecule has 1 aliphatic heterocycles. The van der Waals surface area contributed by atoms with Crippen molar-refractivity contribution in [2.45, 2.75) is 59.2 Å². The van der Waals surface area contributed by atoms with Crippen LogP contribution in [-0.4, -0.2) is 61.0 Å². The van der Waals surface area contributed by atoms with Crippen molar-refractivity contribution < 1.29 is 14.6 Å². The second-order valence-corrected chi connectivity index (χ2v) is 5.59. The van der Waals surface area contributed by atoms with Gasteiger partial charge in [0.2, 0.25) is 0 Å². The Morgan fingerprint density at radius 2 is 1.81 bits per heavy atom. The summed E-state index contributed by atoms with van der Waals surface area (Å²) in [7, 11) is 1.88. The van der Waals surface area contributed by atoms with Crippen LogP contribution in [0.25, 0.3) is 0 Å². The van der Waals surface area contributed by atoms with E-state index in [-0.39, 0.29) is 12.2 Å². The van der Waals surface area contributed by atoms with Crippen LogP contribution in [0.2, 0.25) is 0 Å². The van der Waals surface area contributed by atoms with E-state index < -0.39 is 5.60 Å². The summed E-state index contributed by atoms with van der Waals surface area (Å²) in [4.78, 5) is 13.2. The van der Waals surface area contributed by atoms with Crippen molar-refractivity contribution >= 4 is 6.09 Å². The Morgan fingerprint density at radius 3 is 2.10 bits per heavy atom. The SMILES string of the molecule is CC.CC(C)(C)OC(=O)N1CCC(O)CC1.CNCCN. The highest BCUT2D eigenvalue weighted by atomic mass is 16.6. The number of nitrogens with one attached hydrogen (secondary N) is 1. The number of aliphatic hydroxyl groups is 1. The van der Waals surface area contributed by atoms with Crippen LogP contribution in [0.3, 0.4) is 0 Å². The number of carbonyl (C=O) groups is 1. The van der Waals surface area contributed by atoms with E-state index in [1.165, 1.54) is 0 Å². The van der Waals surface area contributed by atoms with Crippen LogP contribution in [0.15, 0.2) is 0 Å². The van der Waals surface area contributed by atoms with Crippen LogP contribution in [0.1, 0.15) is 47.5 Å². The molecule has 1 heterocycles. The third-order valence-corrected chi connectivity index (χ3v) is 2.51. The largest absolute Gasteiger partial charge is 0.444 e. The molecular formula is C15H35N3O3. The molecule has 0 saturated carbocycles. The van der Waals surface area contributed by atoms with Crippen molar-refractivity contribution in [3.05, 3.63) is 0 Å². The van der Waals surface area contributed by atoms with E-state index >= 15 is 0 Å². The first-order valence-corrected chi connectivity index (χ1v) is 7.80. The Hall–Kier alpha value is -0.850. The van der Waals surface area contributed by atoms with Crippen LogP contribution in [0.4, 0.5) is 4.79 Å². The summed E-state index contributed by atoms with van der Waals surface area (Å²) in [6.07, 6.45) is 0.775. The second kappa shape index (κ2) is 12.9. The fourth-order valence-electron chi connectivity index (χ4n) is 1.52. The summed E-state index contributed by atoms with van der Waals surface area (Å²) < 4.78 is 5.22. The monoisotopic (exact) mass is 305 g/mol. The van der Waals surface area contributed by atoms with Gasteiger partial charge in [0, 0.05) is 26.2 Å². The predicted octanol–water partition coefficient (Wildman–Crippen LogP) is 1.57. The number of nitrogens with zero attached hydrogens (tertiary/aromatic N) is 1. The van der Waals surface area contributed by atoms with E-state index in [1.807, 2.05) is 41.7 Å². The lowest BCUT2D eigenvalue weighted by molar-refractivity contribution is 0.0101. The van der Waals surface area contributed by atoms with Crippen molar-refractivity contribution in [1.29, 1.82) is 0 Å². The maximum atomic E-state index is 11.5. The molecule has 1 saturated heterocycles. The summed E-state index contributed by atoms with van der Waals surface area (Å²) in [5, 5.41) is 12.2. The van der Waals surface area contributed by atoms with Crippen molar-refractivity contribution in [3.8, 4) is 0 Å². The number of amides is 1. The zero-order valence-corrected chi connectivity index (χ0v) is 14.6. The van der Waals surface area contributed by atoms with E-state index in [0.29, 0.717) is 25.9 Å². The zero-order valence-electron chi connectivity index (χ0n) is 14.6. The standard InChI is InChI=1S/C10H19NO3.C3H10N2.C2H6/c1-10(2,3)14-9(13)11-6-4-8(12)5-7-11;1-5-3-2-4;1-2/h8,12H,4-7H2,1-3H3;5H,2-4H2,1H3;1-2H3. The molecule has 4 N–H and O–H groups in total. The number of hydrogen-bond donors (Lipinski definition) is 3. The van der Waals surface area contributed by atoms with Gasteiger partial charge in [0.05, 0.1) is 6.10 Å². The zero-order chi connectivity index (χ0) is 16.9. The number of carbonyl (C=O) groups excluding carboxylic acids is 1. The number of nitrogens with two attached hydrogens (primary N) is 1. The van der Waals surface area contributed by atoms with Gasteiger partial charge in [-0.05, 0) is 40.7 Å². The lowest BCUT2D eigenvalue weighted by Gasteiger charge is -2.31. The minimum atomic E-state index is -0.437. The van der Waals surface area contributed by atoms with Gasteiger partial charge in [0.25, 0.3) is 0 Å². The summed E-state index contributed by atoms with van der Waals surface area (Å²) in [6, 6.07) is 0. The number of likely N-dealkylation sites (N-methyl/N-ethyl adjacent to an activating group) is 1. The highest BCUT2D eigenvalue weighted by Crippen LogP contribution is 2.14. The number of hydrogen-bond acceptors (Lipinski definition) is 5. The van der Waals surface area contributed by atoms with E-state index in [1.54, 1.807) is 4.90 Å². The molecule has 0 aromatic carbocycles. The van der Waals surface area contributed by atoms with E-state index in [0.717, 1.165) is 13.1 Å².